The lowest BCUT2D eigenvalue weighted by Gasteiger charge is -2.05. The summed E-state index contributed by atoms with van der Waals surface area (Å²) in [7, 11) is 0. The van der Waals surface area contributed by atoms with Gasteiger partial charge in [0.05, 0.1) is 12.6 Å². The van der Waals surface area contributed by atoms with Crippen molar-refractivity contribution in [3.05, 3.63) is 17.8 Å². The largest absolute Gasteiger partial charge is 0.446 e. The Morgan fingerprint density at radius 3 is 2.68 bits per heavy atom. The van der Waals surface area contributed by atoms with Crippen molar-refractivity contribution in [1.82, 2.24) is 10.3 Å². The number of halogens is 3. The predicted molar refractivity (Wildman–Crippen MR) is 66.9 cm³/mol. The molecule has 1 aromatic rings. The lowest BCUT2D eigenvalue weighted by atomic mass is 10.2. The molecule has 0 aromatic carbocycles. The van der Waals surface area contributed by atoms with Gasteiger partial charge in [-0.05, 0) is 25.4 Å². The van der Waals surface area contributed by atoms with E-state index in [1.807, 2.05) is 0 Å². The lowest BCUT2D eigenvalue weighted by molar-refractivity contribution is -0.134. The monoisotopic (exact) mass is 278 g/mol. The van der Waals surface area contributed by atoms with E-state index in [0.717, 1.165) is 19.5 Å². The second-order valence-corrected chi connectivity index (χ2v) is 5.04. The Balaban J connectivity index is 2.20. The fourth-order valence-corrected chi connectivity index (χ4v) is 1.60. The molecular weight excluding hydrogens is 257 g/mol. The third-order valence-electron chi connectivity index (χ3n) is 2.55. The average molecular weight is 278 g/mol. The molecule has 1 heterocycles. The number of alkyl halides is 3. The van der Waals surface area contributed by atoms with Crippen molar-refractivity contribution in [2.45, 2.75) is 45.7 Å². The number of nitrogens with one attached hydrogen (secondary N) is 1. The lowest BCUT2D eigenvalue weighted by Crippen LogP contribution is -2.21. The molecule has 0 aliphatic carbocycles. The summed E-state index contributed by atoms with van der Waals surface area (Å²) >= 11 is 0. The Morgan fingerprint density at radius 2 is 2.05 bits per heavy atom. The summed E-state index contributed by atoms with van der Waals surface area (Å²) in [5.74, 6) is 1.43. The third-order valence-corrected chi connectivity index (χ3v) is 2.55. The number of aromatic nitrogens is 1. The molecular formula is C13H21F3N2O. The van der Waals surface area contributed by atoms with Crippen LogP contribution in [0.15, 0.2) is 10.6 Å². The number of aryl methyl sites for hydroxylation is 2. The van der Waals surface area contributed by atoms with Crippen LogP contribution in [0, 0.1) is 5.92 Å². The number of hydrogen-bond acceptors (Lipinski definition) is 3. The van der Waals surface area contributed by atoms with Crippen molar-refractivity contribution in [2.24, 2.45) is 5.92 Å². The maximum atomic E-state index is 12.0. The van der Waals surface area contributed by atoms with Crippen LogP contribution < -0.4 is 5.32 Å². The van der Waals surface area contributed by atoms with Crippen molar-refractivity contribution in [1.29, 1.82) is 0 Å². The number of hydrogen-bond donors (Lipinski definition) is 1. The second kappa shape index (κ2) is 7.53. The van der Waals surface area contributed by atoms with Crippen LogP contribution in [0.3, 0.4) is 0 Å². The summed E-state index contributed by atoms with van der Waals surface area (Å²) in [6.07, 6.45) is -2.24. The molecule has 0 bridgehead atoms. The average Bonchev–Trinajstić information content (AvgIpc) is 2.72. The van der Waals surface area contributed by atoms with E-state index in [-0.39, 0.29) is 6.42 Å². The highest BCUT2D eigenvalue weighted by Gasteiger charge is 2.27. The Hall–Kier alpha value is -1.04. The minimum absolute atomic E-state index is 0.137. The minimum atomic E-state index is -4.15. The van der Waals surface area contributed by atoms with E-state index in [0.29, 0.717) is 24.0 Å². The normalized spacial score (nSPS) is 12.3. The first kappa shape index (κ1) is 16.0. The molecule has 0 aliphatic heterocycles. The minimum Gasteiger partial charge on any atom is -0.446 e. The van der Waals surface area contributed by atoms with Crippen LogP contribution in [0.25, 0.3) is 0 Å². The van der Waals surface area contributed by atoms with E-state index in [4.69, 9.17) is 4.42 Å². The molecule has 3 nitrogen and oxygen atoms in total. The fourth-order valence-electron chi connectivity index (χ4n) is 1.60. The molecule has 1 N–H and O–H groups in total. The van der Waals surface area contributed by atoms with Gasteiger partial charge in [-0.3, -0.25) is 0 Å². The van der Waals surface area contributed by atoms with Gasteiger partial charge < -0.3 is 9.73 Å². The van der Waals surface area contributed by atoms with Gasteiger partial charge >= 0.3 is 6.18 Å². The van der Waals surface area contributed by atoms with Crippen LogP contribution >= 0.6 is 0 Å². The van der Waals surface area contributed by atoms with Crippen LogP contribution in [-0.2, 0) is 12.8 Å². The summed E-state index contributed by atoms with van der Waals surface area (Å²) in [6, 6.07) is 0. The van der Waals surface area contributed by atoms with Crippen molar-refractivity contribution in [3.63, 3.8) is 0 Å². The molecule has 110 valence electrons. The summed E-state index contributed by atoms with van der Waals surface area (Å²) in [6.45, 7) is 6.09. The van der Waals surface area contributed by atoms with E-state index in [9.17, 15) is 13.2 Å². The zero-order chi connectivity index (χ0) is 14.3. The first-order chi connectivity index (χ1) is 8.87. The van der Waals surface area contributed by atoms with E-state index in [1.165, 1.54) is 6.20 Å². The van der Waals surface area contributed by atoms with E-state index in [1.54, 1.807) is 0 Å². The molecule has 0 radical (unpaired) electrons. The van der Waals surface area contributed by atoms with E-state index < -0.39 is 12.6 Å². The Bertz CT molecular complexity index is 361. The molecule has 0 unspecified atom stereocenters. The Labute approximate surface area is 111 Å². The first-order valence-corrected chi connectivity index (χ1v) is 6.58. The van der Waals surface area contributed by atoms with Gasteiger partial charge in [0.15, 0.2) is 5.89 Å². The molecule has 1 rings (SSSR count). The van der Waals surface area contributed by atoms with Gasteiger partial charge in [0.1, 0.15) is 5.76 Å². The van der Waals surface area contributed by atoms with Crippen LogP contribution in [-0.4, -0.2) is 24.2 Å². The van der Waals surface area contributed by atoms with Gasteiger partial charge in [-0.15, -0.1) is 0 Å². The Morgan fingerprint density at radius 1 is 1.32 bits per heavy atom. The van der Waals surface area contributed by atoms with Crippen molar-refractivity contribution in [2.75, 3.05) is 13.1 Å². The van der Waals surface area contributed by atoms with Gasteiger partial charge in [-0.2, -0.15) is 13.2 Å². The van der Waals surface area contributed by atoms with Gasteiger partial charge in [0.25, 0.3) is 0 Å². The molecule has 0 saturated heterocycles. The van der Waals surface area contributed by atoms with Gasteiger partial charge in [0.2, 0.25) is 0 Å². The second-order valence-electron chi connectivity index (χ2n) is 5.04. The molecule has 0 fully saturated rings. The number of rotatable bonds is 8. The quantitative estimate of drug-likeness (QED) is 0.741. The van der Waals surface area contributed by atoms with Crippen LogP contribution in [0.4, 0.5) is 13.2 Å². The molecule has 19 heavy (non-hydrogen) atoms. The van der Waals surface area contributed by atoms with E-state index in [2.05, 4.69) is 24.1 Å². The topological polar surface area (TPSA) is 38.1 Å². The van der Waals surface area contributed by atoms with Crippen molar-refractivity contribution >= 4 is 0 Å². The summed E-state index contributed by atoms with van der Waals surface area (Å²) in [4.78, 5) is 3.99. The standard InChI is InChI=1S/C13H21F3N2O/c1-10(2)8-17-7-3-4-12-18-9-11(19-12)5-6-13(14,15)16/h9-10,17H,3-8H2,1-2H3. The molecule has 0 aliphatic rings. The third kappa shape index (κ3) is 7.87. The smallest absolute Gasteiger partial charge is 0.389 e. The molecule has 0 atom stereocenters. The number of oxazole rings is 1. The molecule has 1 aromatic heterocycles. The highest BCUT2D eigenvalue weighted by Crippen LogP contribution is 2.22. The maximum Gasteiger partial charge on any atom is 0.389 e. The zero-order valence-electron chi connectivity index (χ0n) is 11.4. The molecule has 6 heteroatoms. The SMILES string of the molecule is CC(C)CNCCCc1ncc(CCC(F)(F)F)o1. The summed E-state index contributed by atoms with van der Waals surface area (Å²) in [5.41, 5.74) is 0. The van der Waals surface area contributed by atoms with Gasteiger partial charge in [0, 0.05) is 12.8 Å². The van der Waals surface area contributed by atoms with Crippen LogP contribution in [0.5, 0.6) is 0 Å². The van der Waals surface area contributed by atoms with Gasteiger partial charge in [-0.25, -0.2) is 4.98 Å². The van der Waals surface area contributed by atoms with E-state index >= 15 is 0 Å². The fraction of sp³-hybridized carbons (Fsp3) is 0.769. The summed E-state index contributed by atoms with van der Waals surface area (Å²) in [5, 5.41) is 3.29. The first-order valence-electron chi connectivity index (χ1n) is 6.58. The molecule has 0 spiro atoms. The van der Waals surface area contributed by atoms with Crippen molar-refractivity contribution < 1.29 is 17.6 Å². The van der Waals surface area contributed by atoms with Crippen LogP contribution in [0.2, 0.25) is 0 Å². The van der Waals surface area contributed by atoms with Crippen molar-refractivity contribution in [3.8, 4) is 0 Å². The van der Waals surface area contributed by atoms with Crippen LogP contribution in [0.1, 0.15) is 38.3 Å². The predicted octanol–water partition coefficient (Wildman–Crippen LogP) is 3.35. The summed E-state index contributed by atoms with van der Waals surface area (Å²) < 4.78 is 41.4. The zero-order valence-corrected chi connectivity index (χ0v) is 11.4. The highest BCUT2D eigenvalue weighted by molar-refractivity contribution is 4.95. The number of nitrogens with zero attached hydrogens (tertiary/aromatic N) is 1. The highest BCUT2D eigenvalue weighted by atomic mass is 19.4. The Kier molecular flexibility index (Phi) is 6.34. The maximum absolute atomic E-state index is 12.0. The molecule has 0 saturated carbocycles. The van der Waals surface area contributed by atoms with Gasteiger partial charge in [-0.1, -0.05) is 13.8 Å². The molecule has 0 amide bonds.